The zero-order valence-electron chi connectivity index (χ0n) is 15.7. The standard InChI is InChI=1S/C21H28N4O/c1-16-9-12-25(13-10-16)15-18-7-4-3-6-17(18)14-24-20-19(21(26)22-2)8-5-11-23-20/h3-8,11,16H,9-10,12-15H2,1-2H3,(H,22,26)(H,23,24). The first-order valence-corrected chi connectivity index (χ1v) is 9.37. The largest absolute Gasteiger partial charge is 0.365 e. The summed E-state index contributed by atoms with van der Waals surface area (Å²) >= 11 is 0. The number of nitrogens with one attached hydrogen (secondary N) is 2. The van der Waals surface area contributed by atoms with E-state index in [0.717, 1.165) is 12.5 Å². The van der Waals surface area contributed by atoms with E-state index in [0.29, 0.717) is 17.9 Å². The van der Waals surface area contributed by atoms with Gasteiger partial charge in [-0.15, -0.1) is 0 Å². The predicted molar refractivity (Wildman–Crippen MR) is 105 cm³/mol. The van der Waals surface area contributed by atoms with Gasteiger partial charge in [0.1, 0.15) is 5.82 Å². The Morgan fingerprint density at radius 1 is 1.15 bits per heavy atom. The summed E-state index contributed by atoms with van der Waals surface area (Å²) in [6.45, 7) is 6.32. The first kappa shape index (κ1) is 18.4. The molecule has 0 bridgehead atoms. The lowest BCUT2D eigenvalue weighted by Crippen LogP contribution is -2.32. The third kappa shape index (κ3) is 4.61. The number of aromatic nitrogens is 1. The van der Waals surface area contributed by atoms with Crippen molar-refractivity contribution in [3.05, 3.63) is 59.3 Å². The summed E-state index contributed by atoms with van der Waals surface area (Å²) in [7, 11) is 1.63. The quantitative estimate of drug-likeness (QED) is 0.838. The number of hydrogen-bond acceptors (Lipinski definition) is 4. The van der Waals surface area contributed by atoms with E-state index in [-0.39, 0.29) is 5.91 Å². The Kier molecular flexibility index (Phi) is 6.23. The molecule has 5 nitrogen and oxygen atoms in total. The molecule has 5 heteroatoms. The Morgan fingerprint density at radius 3 is 2.62 bits per heavy atom. The van der Waals surface area contributed by atoms with E-state index in [4.69, 9.17) is 0 Å². The van der Waals surface area contributed by atoms with Crippen LogP contribution in [0.3, 0.4) is 0 Å². The number of nitrogens with zero attached hydrogens (tertiary/aromatic N) is 2. The number of piperidine rings is 1. The molecule has 2 N–H and O–H groups in total. The fourth-order valence-electron chi connectivity index (χ4n) is 3.39. The van der Waals surface area contributed by atoms with Gasteiger partial charge in [-0.25, -0.2) is 4.98 Å². The molecule has 0 aliphatic carbocycles. The van der Waals surface area contributed by atoms with Crippen molar-refractivity contribution in [2.75, 3.05) is 25.5 Å². The van der Waals surface area contributed by atoms with Crippen LogP contribution in [0.2, 0.25) is 0 Å². The number of benzene rings is 1. The van der Waals surface area contributed by atoms with Crippen molar-refractivity contribution in [2.45, 2.75) is 32.9 Å². The summed E-state index contributed by atoms with van der Waals surface area (Å²) in [6, 6.07) is 12.1. The highest BCUT2D eigenvalue weighted by Crippen LogP contribution is 2.20. The maximum atomic E-state index is 12.0. The van der Waals surface area contributed by atoms with E-state index >= 15 is 0 Å². The molecule has 1 fully saturated rings. The fourth-order valence-corrected chi connectivity index (χ4v) is 3.39. The van der Waals surface area contributed by atoms with E-state index in [2.05, 4.69) is 51.7 Å². The summed E-state index contributed by atoms with van der Waals surface area (Å²) in [6.07, 6.45) is 4.27. The summed E-state index contributed by atoms with van der Waals surface area (Å²) < 4.78 is 0. The molecule has 138 valence electrons. The van der Waals surface area contributed by atoms with Crippen LogP contribution in [0.25, 0.3) is 0 Å². The summed E-state index contributed by atoms with van der Waals surface area (Å²) in [5, 5.41) is 6.00. The molecule has 1 aromatic heterocycles. The van der Waals surface area contributed by atoms with Crippen LogP contribution in [0.15, 0.2) is 42.6 Å². The number of hydrogen-bond donors (Lipinski definition) is 2. The molecule has 2 heterocycles. The minimum atomic E-state index is -0.128. The second kappa shape index (κ2) is 8.81. The third-order valence-corrected chi connectivity index (χ3v) is 5.11. The van der Waals surface area contributed by atoms with Crippen LogP contribution in [-0.4, -0.2) is 35.9 Å². The second-order valence-corrected chi connectivity index (χ2v) is 7.06. The Labute approximate surface area is 155 Å². The molecule has 0 unspecified atom stereocenters. The van der Waals surface area contributed by atoms with Crippen molar-refractivity contribution in [3.63, 3.8) is 0 Å². The Morgan fingerprint density at radius 2 is 1.88 bits per heavy atom. The highest BCUT2D eigenvalue weighted by molar-refractivity contribution is 5.98. The van der Waals surface area contributed by atoms with Gasteiger partial charge < -0.3 is 10.6 Å². The van der Waals surface area contributed by atoms with Crippen LogP contribution in [-0.2, 0) is 13.1 Å². The van der Waals surface area contributed by atoms with Gasteiger partial charge in [-0.1, -0.05) is 31.2 Å². The summed E-state index contributed by atoms with van der Waals surface area (Å²) in [4.78, 5) is 18.9. The van der Waals surface area contributed by atoms with Gasteiger partial charge in [0.25, 0.3) is 5.91 Å². The lowest BCUT2D eigenvalue weighted by molar-refractivity contribution is 0.0963. The topological polar surface area (TPSA) is 57.3 Å². The van der Waals surface area contributed by atoms with Crippen molar-refractivity contribution in [3.8, 4) is 0 Å². The third-order valence-electron chi connectivity index (χ3n) is 5.11. The molecule has 3 rings (SSSR count). The van der Waals surface area contributed by atoms with Crippen LogP contribution < -0.4 is 10.6 Å². The van der Waals surface area contributed by atoms with E-state index in [1.165, 1.54) is 37.1 Å². The zero-order valence-corrected chi connectivity index (χ0v) is 15.7. The first-order chi connectivity index (χ1) is 12.7. The van der Waals surface area contributed by atoms with E-state index in [1.54, 1.807) is 25.4 Å². The number of anilines is 1. The minimum absolute atomic E-state index is 0.128. The van der Waals surface area contributed by atoms with Gasteiger partial charge in [0.2, 0.25) is 0 Å². The van der Waals surface area contributed by atoms with Crippen molar-refractivity contribution in [1.82, 2.24) is 15.2 Å². The maximum Gasteiger partial charge on any atom is 0.254 e. The number of rotatable bonds is 6. The van der Waals surface area contributed by atoms with Crippen LogP contribution in [0.1, 0.15) is 41.3 Å². The van der Waals surface area contributed by atoms with Crippen molar-refractivity contribution in [2.24, 2.45) is 5.92 Å². The number of amides is 1. The molecule has 0 radical (unpaired) electrons. The fraction of sp³-hybridized carbons (Fsp3) is 0.429. The zero-order chi connectivity index (χ0) is 18.4. The summed E-state index contributed by atoms with van der Waals surface area (Å²) in [5.74, 6) is 1.33. The van der Waals surface area contributed by atoms with Gasteiger partial charge in [0.15, 0.2) is 0 Å². The van der Waals surface area contributed by atoms with Crippen LogP contribution in [0.5, 0.6) is 0 Å². The molecule has 26 heavy (non-hydrogen) atoms. The van der Waals surface area contributed by atoms with Crippen LogP contribution in [0.4, 0.5) is 5.82 Å². The average molecular weight is 352 g/mol. The number of carbonyl (C=O) groups is 1. The normalized spacial score (nSPS) is 15.6. The van der Waals surface area contributed by atoms with Gasteiger partial charge in [0, 0.05) is 26.3 Å². The molecule has 1 amide bonds. The second-order valence-electron chi connectivity index (χ2n) is 7.06. The van der Waals surface area contributed by atoms with Gasteiger partial charge >= 0.3 is 0 Å². The monoisotopic (exact) mass is 352 g/mol. The first-order valence-electron chi connectivity index (χ1n) is 9.37. The SMILES string of the molecule is CNC(=O)c1cccnc1NCc1ccccc1CN1CCC(C)CC1. The lowest BCUT2D eigenvalue weighted by atomic mass is 9.98. The van der Waals surface area contributed by atoms with Crippen LogP contribution in [0, 0.1) is 5.92 Å². The summed E-state index contributed by atoms with van der Waals surface area (Å²) in [5.41, 5.74) is 3.16. The van der Waals surface area contributed by atoms with Gasteiger partial charge in [0.05, 0.1) is 5.56 Å². The number of carbonyl (C=O) groups excluding carboxylic acids is 1. The van der Waals surface area contributed by atoms with Crippen molar-refractivity contribution >= 4 is 11.7 Å². The maximum absolute atomic E-state index is 12.0. The molecule has 1 aliphatic rings. The smallest absolute Gasteiger partial charge is 0.254 e. The molecule has 0 atom stereocenters. The highest BCUT2D eigenvalue weighted by atomic mass is 16.1. The van der Waals surface area contributed by atoms with Gasteiger partial charge in [-0.05, 0) is 55.1 Å². The lowest BCUT2D eigenvalue weighted by Gasteiger charge is -2.30. The molecule has 1 aromatic carbocycles. The van der Waals surface area contributed by atoms with E-state index in [9.17, 15) is 4.79 Å². The minimum Gasteiger partial charge on any atom is -0.365 e. The Bertz CT molecular complexity index is 738. The van der Waals surface area contributed by atoms with Crippen LogP contribution >= 0.6 is 0 Å². The highest BCUT2D eigenvalue weighted by Gasteiger charge is 2.17. The molecule has 0 spiro atoms. The van der Waals surface area contributed by atoms with Crippen molar-refractivity contribution in [1.29, 1.82) is 0 Å². The number of likely N-dealkylation sites (tertiary alicyclic amines) is 1. The molecule has 0 saturated carbocycles. The number of pyridine rings is 1. The van der Waals surface area contributed by atoms with Gasteiger partial charge in [-0.2, -0.15) is 0 Å². The van der Waals surface area contributed by atoms with Crippen molar-refractivity contribution < 1.29 is 4.79 Å². The molecular formula is C21H28N4O. The Hall–Kier alpha value is -2.40. The molecule has 2 aromatic rings. The molecular weight excluding hydrogens is 324 g/mol. The molecule has 1 saturated heterocycles. The van der Waals surface area contributed by atoms with Gasteiger partial charge in [-0.3, -0.25) is 9.69 Å². The Balaban J connectivity index is 1.68. The van der Waals surface area contributed by atoms with E-state index < -0.39 is 0 Å². The predicted octanol–water partition coefficient (Wildman–Crippen LogP) is 3.29. The average Bonchev–Trinajstić information content (AvgIpc) is 2.68. The molecule has 1 aliphatic heterocycles. The van der Waals surface area contributed by atoms with E-state index in [1.807, 2.05) is 0 Å².